The lowest BCUT2D eigenvalue weighted by Gasteiger charge is -2.33. The Kier molecular flexibility index (Phi) is 5.06. The maximum absolute atomic E-state index is 12.5. The number of benzene rings is 1. The van der Waals surface area contributed by atoms with E-state index in [1.54, 1.807) is 0 Å². The normalized spacial score (nSPS) is 26.4. The molecule has 1 saturated carbocycles. The van der Waals surface area contributed by atoms with Crippen LogP contribution in [0.25, 0.3) is 0 Å². The molecule has 0 bridgehead atoms. The highest BCUT2D eigenvalue weighted by Crippen LogP contribution is 2.34. The van der Waals surface area contributed by atoms with Gasteiger partial charge in [-0.15, -0.1) is 0 Å². The minimum absolute atomic E-state index is 0.112. The minimum Gasteiger partial charge on any atom is -0.378 e. The number of fused-ring (bicyclic) bond motifs is 1. The van der Waals surface area contributed by atoms with Gasteiger partial charge in [0.1, 0.15) is 0 Å². The van der Waals surface area contributed by atoms with Crippen molar-refractivity contribution in [1.29, 1.82) is 0 Å². The van der Waals surface area contributed by atoms with E-state index in [4.69, 9.17) is 4.74 Å². The van der Waals surface area contributed by atoms with Gasteiger partial charge < -0.3 is 20.3 Å². The number of ether oxygens (including phenoxy) is 1. The number of hydrogen-bond donors (Lipinski definition) is 2. The molecule has 1 heterocycles. The highest BCUT2D eigenvalue weighted by Gasteiger charge is 2.38. The van der Waals surface area contributed by atoms with Crippen molar-refractivity contribution in [3.8, 4) is 0 Å². The van der Waals surface area contributed by atoms with Crippen LogP contribution in [0.2, 0.25) is 0 Å². The average molecular weight is 317 g/mol. The molecule has 1 aromatic carbocycles. The number of anilines is 2. The molecular formula is C18H27N3O2. The first-order valence-corrected chi connectivity index (χ1v) is 8.68. The number of urea groups is 1. The number of nitrogens with zero attached hydrogens (tertiary/aromatic N) is 1. The second kappa shape index (κ2) is 7.21. The molecule has 1 saturated heterocycles. The van der Waals surface area contributed by atoms with Crippen molar-refractivity contribution in [3.05, 3.63) is 24.3 Å². The van der Waals surface area contributed by atoms with E-state index in [2.05, 4.69) is 22.5 Å². The van der Waals surface area contributed by atoms with Gasteiger partial charge in [-0.1, -0.05) is 12.1 Å². The number of hydrogen-bond acceptors (Lipinski definition) is 3. The predicted octanol–water partition coefficient (Wildman–Crippen LogP) is 3.22. The van der Waals surface area contributed by atoms with Crippen LogP contribution in [0.1, 0.15) is 32.6 Å². The van der Waals surface area contributed by atoms with E-state index >= 15 is 0 Å². The standard InChI is InChI=1S/C18H27N3O2/c1-3-21(2)16-9-5-4-7-15(16)20-18(22)19-14-8-6-10-17-13(14)11-12-23-17/h4-5,7,9,13-14,17H,3,6,8,10-12H2,1-2H3,(H2,19,20,22)/t13-,14-,17+/m1/s1. The van der Waals surface area contributed by atoms with Crippen LogP contribution in [0.4, 0.5) is 16.2 Å². The summed E-state index contributed by atoms with van der Waals surface area (Å²) in [5, 5.41) is 6.19. The molecule has 2 amide bonds. The summed E-state index contributed by atoms with van der Waals surface area (Å²) >= 11 is 0. The SMILES string of the molecule is CCN(C)c1ccccc1NC(=O)N[C@@H]1CCC[C@@H]2OCC[C@@H]21. The van der Waals surface area contributed by atoms with Crippen molar-refractivity contribution in [2.24, 2.45) is 5.92 Å². The summed E-state index contributed by atoms with van der Waals surface area (Å²) in [7, 11) is 2.03. The lowest BCUT2D eigenvalue weighted by Crippen LogP contribution is -2.47. The molecule has 1 aliphatic carbocycles. The third-order valence-corrected chi connectivity index (χ3v) is 5.14. The van der Waals surface area contributed by atoms with Gasteiger partial charge in [-0.25, -0.2) is 4.79 Å². The third-order valence-electron chi connectivity index (χ3n) is 5.14. The molecule has 0 aromatic heterocycles. The van der Waals surface area contributed by atoms with Crippen LogP contribution in [-0.2, 0) is 4.74 Å². The molecule has 0 unspecified atom stereocenters. The predicted molar refractivity (Wildman–Crippen MR) is 93.0 cm³/mol. The first-order valence-electron chi connectivity index (χ1n) is 8.68. The average Bonchev–Trinajstić information content (AvgIpc) is 3.04. The molecule has 2 N–H and O–H groups in total. The van der Waals surface area contributed by atoms with Crippen LogP contribution in [0.3, 0.4) is 0 Å². The number of nitrogens with one attached hydrogen (secondary N) is 2. The Morgan fingerprint density at radius 2 is 2.13 bits per heavy atom. The van der Waals surface area contributed by atoms with Crippen LogP contribution < -0.4 is 15.5 Å². The zero-order valence-corrected chi connectivity index (χ0v) is 14.0. The van der Waals surface area contributed by atoms with Gasteiger partial charge in [0.25, 0.3) is 0 Å². The fourth-order valence-electron chi connectivity index (χ4n) is 3.76. The molecular weight excluding hydrogens is 290 g/mol. The minimum atomic E-state index is -0.112. The molecule has 5 heteroatoms. The van der Waals surface area contributed by atoms with Crippen molar-refractivity contribution in [1.82, 2.24) is 5.32 Å². The largest absolute Gasteiger partial charge is 0.378 e. The van der Waals surface area contributed by atoms with Crippen LogP contribution in [-0.4, -0.2) is 38.4 Å². The van der Waals surface area contributed by atoms with E-state index < -0.39 is 0 Å². The summed E-state index contributed by atoms with van der Waals surface area (Å²) in [6.07, 6.45) is 4.71. The van der Waals surface area contributed by atoms with Gasteiger partial charge in [-0.2, -0.15) is 0 Å². The molecule has 5 nitrogen and oxygen atoms in total. The summed E-state index contributed by atoms with van der Waals surface area (Å²) < 4.78 is 5.77. The van der Waals surface area contributed by atoms with Gasteiger partial charge in [0.05, 0.1) is 17.5 Å². The third kappa shape index (κ3) is 3.61. The van der Waals surface area contributed by atoms with Gasteiger partial charge in [0, 0.05) is 32.2 Å². The first kappa shape index (κ1) is 16.1. The fraction of sp³-hybridized carbons (Fsp3) is 0.611. The molecule has 1 aliphatic heterocycles. The second-order valence-electron chi connectivity index (χ2n) is 6.53. The zero-order chi connectivity index (χ0) is 16.2. The van der Waals surface area contributed by atoms with E-state index in [-0.39, 0.29) is 12.1 Å². The number of rotatable bonds is 4. The Balaban J connectivity index is 1.63. The highest BCUT2D eigenvalue weighted by molar-refractivity contribution is 5.93. The Hall–Kier alpha value is -1.75. The monoisotopic (exact) mass is 317 g/mol. The Bertz CT molecular complexity index is 549. The van der Waals surface area contributed by atoms with E-state index in [1.807, 2.05) is 31.3 Å². The van der Waals surface area contributed by atoms with Crippen molar-refractivity contribution >= 4 is 17.4 Å². The maximum atomic E-state index is 12.5. The van der Waals surface area contributed by atoms with E-state index in [0.29, 0.717) is 12.0 Å². The van der Waals surface area contributed by atoms with Crippen molar-refractivity contribution in [3.63, 3.8) is 0 Å². The number of carbonyl (C=O) groups excluding carboxylic acids is 1. The zero-order valence-electron chi connectivity index (χ0n) is 14.0. The Morgan fingerprint density at radius 3 is 2.96 bits per heavy atom. The fourth-order valence-corrected chi connectivity index (χ4v) is 3.76. The van der Waals surface area contributed by atoms with Crippen LogP contribution in [0.15, 0.2) is 24.3 Å². The van der Waals surface area contributed by atoms with Gasteiger partial charge in [0.2, 0.25) is 0 Å². The molecule has 2 aliphatic rings. The smallest absolute Gasteiger partial charge is 0.319 e. The molecule has 3 atom stereocenters. The van der Waals surface area contributed by atoms with Gasteiger partial charge in [0.15, 0.2) is 0 Å². The summed E-state index contributed by atoms with van der Waals surface area (Å²) in [5.74, 6) is 0.475. The number of carbonyl (C=O) groups is 1. The molecule has 0 radical (unpaired) electrons. The summed E-state index contributed by atoms with van der Waals surface area (Å²) in [6.45, 7) is 3.82. The quantitative estimate of drug-likeness (QED) is 0.896. The van der Waals surface area contributed by atoms with Gasteiger partial charge >= 0.3 is 6.03 Å². The Labute approximate surface area is 138 Å². The Morgan fingerprint density at radius 1 is 1.30 bits per heavy atom. The molecule has 1 aromatic rings. The van der Waals surface area contributed by atoms with E-state index in [9.17, 15) is 4.79 Å². The first-order chi connectivity index (χ1) is 11.2. The summed E-state index contributed by atoms with van der Waals surface area (Å²) in [4.78, 5) is 14.6. The summed E-state index contributed by atoms with van der Waals surface area (Å²) in [6, 6.07) is 8.03. The van der Waals surface area contributed by atoms with Crippen LogP contribution >= 0.6 is 0 Å². The van der Waals surface area contributed by atoms with Crippen molar-refractivity contribution < 1.29 is 9.53 Å². The lowest BCUT2D eigenvalue weighted by atomic mass is 9.82. The van der Waals surface area contributed by atoms with E-state index in [0.717, 1.165) is 50.2 Å². The maximum Gasteiger partial charge on any atom is 0.319 e. The molecule has 3 rings (SSSR count). The van der Waals surface area contributed by atoms with Crippen LogP contribution in [0, 0.1) is 5.92 Å². The number of para-hydroxylation sites is 2. The van der Waals surface area contributed by atoms with Gasteiger partial charge in [-0.3, -0.25) is 0 Å². The molecule has 2 fully saturated rings. The van der Waals surface area contributed by atoms with Crippen LogP contribution in [0.5, 0.6) is 0 Å². The number of amides is 2. The molecule has 23 heavy (non-hydrogen) atoms. The van der Waals surface area contributed by atoms with Crippen molar-refractivity contribution in [2.45, 2.75) is 44.8 Å². The summed E-state index contributed by atoms with van der Waals surface area (Å²) in [5.41, 5.74) is 1.89. The van der Waals surface area contributed by atoms with Gasteiger partial charge in [-0.05, 0) is 44.7 Å². The lowest BCUT2D eigenvalue weighted by molar-refractivity contribution is 0.0553. The topological polar surface area (TPSA) is 53.6 Å². The second-order valence-corrected chi connectivity index (χ2v) is 6.53. The molecule has 126 valence electrons. The van der Waals surface area contributed by atoms with E-state index in [1.165, 1.54) is 0 Å². The van der Waals surface area contributed by atoms with Crippen molar-refractivity contribution in [2.75, 3.05) is 30.4 Å². The molecule has 0 spiro atoms. The highest BCUT2D eigenvalue weighted by atomic mass is 16.5.